The summed E-state index contributed by atoms with van der Waals surface area (Å²) < 4.78 is 27.0. The molecule has 0 saturated heterocycles. The van der Waals surface area contributed by atoms with Gasteiger partial charge in [-0.2, -0.15) is 0 Å². The van der Waals surface area contributed by atoms with Crippen molar-refractivity contribution < 1.29 is 8.78 Å². The molecule has 1 aromatic carbocycles. The van der Waals surface area contributed by atoms with Crippen LogP contribution in [0.2, 0.25) is 0 Å². The molecule has 108 valence electrons. The Morgan fingerprint density at radius 1 is 1.21 bits per heavy atom. The van der Waals surface area contributed by atoms with E-state index in [-0.39, 0.29) is 10.5 Å². The number of halogens is 3. The zero-order valence-electron chi connectivity index (χ0n) is 11.8. The van der Waals surface area contributed by atoms with Crippen molar-refractivity contribution in [3.8, 4) is 0 Å². The van der Waals surface area contributed by atoms with E-state index >= 15 is 0 Å². The number of benzene rings is 1. The zero-order chi connectivity index (χ0) is 14.4. The first-order valence-electron chi connectivity index (χ1n) is 6.84. The lowest BCUT2D eigenvalue weighted by atomic mass is 9.98. The molecule has 0 fully saturated rings. The van der Waals surface area contributed by atoms with E-state index in [4.69, 9.17) is 0 Å². The Balaban J connectivity index is 2.83. The second kappa shape index (κ2) is 7.95. The molecule has 19 heavy (non-hydrogen) atoms. The molecule has 0 saturated carbocycles. The lowest BCUT2D eigenvalue weighted by Gasteiger charge is -2.20. The van der Waals surface area contributed by atoms with Crippen LogP contribution in [0.4, 0.5) is 8.78 Å². The molecule has 1 aromatic rings. The molecule has 0 aliphatic carbocycles. The monoisotopic (exact) mass is 333 g/mol. The van der Waals surface area contributed by atoms with Crippen molar-refractivity contribution in [2.24, 2.45) is 5.92 Å². The van der Waals surface area contributed by atoms with Crippen LogP contribution >= 0.6 is 15.9 Å². The average Bonchev–Trinajstić information content (AvgIpc) is 2.35. The molecule has 0 aromatic heterocycles. The Kier molecular flexibility index (Phi) is 6.94. The largest absolute Gasteiger partial charge is 0.310 e. The topological polar surface area (TPSA) is 12.0 Å². The fraction of sp³-hybridized carbons (Fsp3) is 0.600. The third-order valence-corrected chi connectivity index (χ3v) is 3.97. The summed E-state index contributed by atoms with van der Waals surface area (Å²) in [5.41, 5.74) is 0.796. The second-order valence-electron chi connectivity index (χ2n) is 5.20. The van der Waals surface area contributed by atoms with E-state index in [1.165, 1.54) is 6.07 Å². The molecule has 0 bridgehead atoms. The van der Waals surface area contributed by atoms with Gasteiger partial charge in [0.1, 0.15) is 0 Å². The highest BCUT2D eigenvalue weighted by Crippen LogP contribution is 2.30. The van der Waals surface area contributed by atoms with Crippen LogP contribution in [0.15, 0.2) is 16.6 Å². The summed E-state index contributed by atoms with van der Waals surface area (Å²) in [5, 5.41) is 3.34. The molecule has 0 heterocycles. The molecule has 0 spiro atoms. The van der Waals surface area contributed by atoms with E-state index in [0.29, 0.717) is 5.92 Å². The van der Waals surface area contributed by atoms with Crippen molar-refractivity contribution in [3.05, 3.63) is 33.8 Å². The van der Waals surface area contributed by atoms with Crippen LogP contribution in [0, 0.1) is 17.6 Å². The number of rotatable bonds is 7. The molecular formula is C15H22BrF2N. The smallest absolute Gasteiger partial charge is 0.173 e. The van der Waals surface area contributed by atoms with Crippen molar-refractivity contribution >= 4 is 15.9 Å². The summed E-state index contributed by atoms with van der Waals surface area (Å²) in [7, 11) is 0. The lowest BCUT2D eigenvalue weighted by Crippen LogP contribution is -2.21. The Labute approximate surface area is 122 Å². The van der Waals surface area contributed by atoms with E-state index in [1.807, 2.05) is 6.92 Å². The molecule has 1 N–H and O–H groups in total. The number of hydrogen-bond donors (Lipinski definition) is 1. The van der Waals surface area contributed by atoms with Gasteiger partial charge in [-0.15, -0.1) is 0 Å². The van der Waals surface area contributed by atoms with E-state index in [2.05, 4.69) is 35.1 Å². The van der Waals surface area contributed by atoms with Crippen LogP contribution in [0.5, 0.6) is 0 Å². The fourth-order valence-corrected chi connectivity index (χ4v) is 2.75. The van der Waals surface area contributed by atoms with Crippen molar-refractivity contribution in [2.75, 3.05) is 6.54 Å². The van der Waals surface area contributed by atoms with Gasteiger partial charge in [0.2, 0.25) is 0 Å². The average molecular weight is 334 g/mol. The molecule has 4 heteroatoms. The molecule has 1 nitrogen and oxygen atoms in total. The molecule has 1 unspecified atom stereocenters. The van der Waals surface area contributed by atoms with Crippen molar-refractivity contribution in [1.29, 1.82) is 0 Å². The summed E-state index contributed by atoms with van der Waals surface area (Å²) in [6.45, 7) is 7.20. The van der Waals surface area contributed by atoms with Gasteiger partial charge in [0.25, 0.3) is 0 Å². The van der Waals surface area contributed by atoms with Gasteiger partial charge in [-0.1, -0.05) is 39.7 Å². The minimum Gasteiger partial charge on any atom is -0.310 e. The van der Waals surface area contributed by atoms with Crippen LogP contribution in [0.25, 0.3) is 0 Å². The standard InChI is InChI=1S/C15H22BrF2N/c1-4-19-13(7-5-6-10(2)3)11-8-9-12(17)15(18)14(11)16/h8-10,13,19H,4-7H2,1-3H3. The predicted octanol–water partition coefficient (Wildman–Crippen LogP) is 5.20. The Bertz CT molecular complexity index is 407. The third kappa shape index (κ3) is 4.84. The van der Waals surface area contributed by atoms with Crippen molar-refractivity contribution in [1.82, 2.24) is 5.32 Å². The fourth-order valence-electron chi connectivity index (χ4n) is 2.15. The van der Waals surface area contributed by atoms with Gasteiger partial charge in [-0.05, 0) is 46.4 Å². The maximum absolute atomic E-state index is 13.6. The first-order valence-corrected chi connectivity index (χ1v) is 7.63. The molecule has 0 amide bonds. The van der Waals surface area contributed by atoms with Crippen molar-refractivity contribution in [3.63, 3.8) is 0 Å². The van der Waals surface area contributed by atoms with Crippen LogP contribution in [-0.2, 0) is 0 Å². The van der Waals surface area contributed by atoms with Gasteiger partial charge < -0.3 is 5.32 Å². The summed E-state index contributed by atoms with van der Waals surface area (Å²) in [4.78, 5) is 0. The second-order valence-corrected chi connectivity index (χ2v) is 5.99. The normalized spacial score (nSPS) is 13.0. The minimum atomic E-state index is -0.812. The van der Waals surface area contributed by atoms with Gasteiger partial charge in [0.15, 0.2) is 11.6 Å². The third-order valence-electron chi connectivity index (χ3n) is 3.17. The summed E-state index contributed by atoms with van der Waals surface area (Å²) in [6, 6.07) is 2.92. The van der Waals surface area contributed by atoms with Gasteiger partial charge >= 0.3 is 0 Å². The quantitative estimate of drug-likeness (QED) is 0.676. The van der Waals surface area contributed by atoms with Crippen LogP contribution < -0.4 is 5.32 Å². The summed E-state index contributed by atoms with van der Waals surface area (Å²) in [5.74, 6) is -0.951. The Morgan fingerprint density at radius 3 is 2.47 bits per heavy atom. The van der Waals surface area contributed by atoms with E-state index in [9.17, 15) is 8.78 Å². The Morgan fingerprint density at radius 2 is 1.89 bits per heavy atom. The molecule has 0 radical (unpaired) electrons. The molecular weight excluding hydrogens is 312 g/mol. The maximum atomic E-state index is 13.6. The lowest BCUT2D eigenvalue weighted by molar-refractivity contribution is 0.447. The highest BCUT2D eigenvalue weighted by Gasteiger charge is 2.18. The van der Waals surface area contributed by atoms with E-state index in [1.54, 1.807) is 6.07 Å². The van der Waals surface area contributed by atoms with Gasteiger partial charge in [-0.3, -0.25) is 0 Å². The van der Waals surface area contributed by atoms with Gasteiger partial charge in [0.05, 0.1) is 4.47 Å². The molecule has 0 aliphatic heterocycles. The van der Waals surface area contributed by atoms with Gasteiger partial charge in [-0.25, -0.2) is 8.78 Å². The van der Waals surface area contributed by atoms with Gasteiger partial charge in [0, 0.05) is 6.04 Å². The zero-order valence-corrected chi connectivity index (χ0v) is 13.4. The van der Waals surface area contributed by atoms with Crippen LogP contribution in [-0.4, -0.2) is 6.54 Å². The minimum absolute atomic E-state index is 0.0632. The number of hydrogen-bond acceptors (Lipinski definition) is 1. The summed E-state index contributed by atoms with van der Waals surface area (Å²) >= 11 is 3.17. The van der Waals surface area contributed by atoms with Crippen LogP contribution in [0.1, 0.15) is 51.6 Å². The van der Waals surface area contributed by atoms with E-state index in [0.717, 1.165) is 31.4 Å². The first-order chi connectivity index (χ1) is 8.97. The Hall–Kier alpha value is -0.480. The SMILES string of the molecule is CCNC(CCCC(C)C)c1ccc(F)c(F)c1Br. The predicted molar refractivity (Wildman–Crippen MR) is 79.2 cm³/mol. The molecule has 1 atom stereocenters. The highest BCUT2D eigenvalue weighted by molar-refractivity contribution is 9.10. The van der Waals surface area contributed by atoms with E-state index < -0.39 is 11.6 Å². The summed E-state index contributed by atoms with van der Waals surface area (Å²) in [6.07, 6.45) is 3.14. The molecule has 1 rings (SSSR count). The first kappa shape index (κ1) is 16.6. The number of nitrogens with one attached hydrogen (secondary N) is 1. The van der Waals surface area contributed by atoms with Crippen molar-refractivity contribution in [2.45, 2.75) is 46.1 Å². The highest BCUT2D eigenvalue weighted by atomic mass is 79.9. The molecule has 0 aliphatic rings. The maximum Gasteiger partial charge on any atom is 0.173 e. The van der Waals surface area contributed by atoms with Crippen LogP contribution in [0.3, 0.4) is 0 Å².